The third kappa shape index (κ3) is 64.7. The highest BCUT2D eigenvalue weighted by Crippen LogP contribution is 2.18. The third-order valence-corrected chi connectivity index (χ3v) is 16.3. The number of rotatable bonds is 66. The van der Waals surface area contributed by atoms with E-state index in [4.69, 9.17) is 4.74 Å². The van der Waals surface area contributed by atoms with Gasteiger partial charge in [-0.2, -0.15) is 0 Å². The Bertz CT molecular complexity index is 1380. The van der Waals surface area contributed by atoms with Crippen molar-refractivity contribution in [1.29, 1.82) is 0 Å². The van der Waals surface area contributed by atoms with E-state index >= 15 is 0 Å². The van der Waals surface area contributed by atoms with Gasteiger partial charge in [-0.1, -0.05) is 331 Å². The molecule has 0 fully saturated rings. The van der Waals surface area contributed by atoms with Crippen LogP contribution in [0.25, 0.3) is 0 Å². The van der Waals surface area contributed by atoms with E-state index in [-0.39, 0.29) is 18.5 Å². The molecule has 0 aromatic rings. The molecular weight excluding hydrogens is 983 g/mol. The van der Waals surface area contributed by atoms with Gasteiger partial charge in [0.05, 0.1) is 25.4 Å². The van der Waals surface area contributed by atoms with Crippen molar-refractivity contribution in [2.75, 3.05) is 13.2 Å². The predicted molar refractivity (Wildman–Crippen MR) is 352 cm³/mol. The van der Waals surface area contributed by atoms with Gasteiger partial charge in [0.2, 0.25) is 5.91 Å². The molecule has 0 saturated carbocycles. The van der Waals surface area contributed by atoms with E-state index in [1.165, 1.54) is 289 Å². The molecule has 0 bridgehead atoms. The van der Waals surface area contributed by atoms with Gasteiger partial charge >= 0.3 is 5.97 Å². The third-order valence-electron chi connectivity index (χ3n) is 16.3. The maximum absolute atomic E-state index is 12.5. The number of hydrogen-bond donors (Lipinski definition) is 3. The van der Waals surface area contributed by atoms with E-state index in [1.54, 1.807) is 6.08 Å². The SMILES string of the molecule is CCCC/C=C\C/C=C\CCCCCCCC(=O)OCCCCCCCCCCC/C=C\C/C=C\CCCCCCCCCCCC(=O)NC(CO)C(O)/C=C/CCCCCCCCCCCCCCCCCCCCCCCC. The Morgan fingerprint density at radius 1 is 0.350 bits per heavy atom. The predicted octanol–water partition coefficient (Wildman–Crippen LogP) is 23.0. The zero-order valence-electron chi connectivity index (χ0n) is 53.6. The van der Waals surface area contributed by atoms with E-state index < -0.39 is 12.1 Å². The number of carbonyl (C=O) groups excluding carboxylic acids is 2. The zero-order valence-corrected chi connectivity index (χ0v) is 53.6. The first-order chi connectivity index (χ1) is 39.5. The van der Waals surface area contributed by atoms with Crippen LogP contribution in [0.15, 0.2) is 60.8 Å². The molecular formula is C74H137NO5. The summed E-state index contributed by atoms with van der Waals surface area (Å²) in [6.07, 6.45) is 91.5. The first kappa shape index (κ1) is 77.6. The molecule has 6 heteroatoms. The van der Waals surface area contributed by atoms with Gasteiger partial charge in [-0.3, -0.25) is 9.59 Å². The molecule has 80 heavy (non-hydrogen) atoms. The van der Waals surface area contributed by atoms with Crippen molar-refractivity contribution in [2.24, 2.45) is 0 Å². The van der Waals surface area contributed by atoms with Crippen LogP contribution < -0.4 is 5.32 Å². The molecule has 2 atom stereocenters. The van der Waals surface area contributed by atoms with Gasteiger partial charge in [-0.15, -0.1) is 0 Å². The molecule has 468 valence electrons. The Kier molecular flexibility index (Phi) is 66.9. The molecule has 0 radical (unpaired) electrons. The van der Waals surface area contributed by atoms with Gasteiger partial charge in [0.15, 0.2) is 0 Å². The first-order valence-electron chi connectivity index (χ1n) is 35.6. The van der Waals surface area contributed by atoms with E-state index in [0.717, 1.165) is 57.8 Å². The second-order valence-corrected chi connectivity index (χ2v) is 24.2. The Balaban J connectivity index is 3.47. The van der Waals surface area contributed by atoms with Gasteiger partial charge < -0.3 is 20.3 Å². The van der Waals surface area contributed by atoms with E-state index in [0.29, 0.717) is 19.4 Å². The van der Waals surface area contributed by atoms with Crippen LogP contribution in [-0.4, -0.2) is 47.4 Å². The van der Waals surface area contributed by atoms with Crippen molar-refractivity contribution in [3.8, 4) is 0 Å². The minimum Gasteiger partial charge on any atom is -0.466 e. The Hall–Kier alpha value is -2.44. The van der Waals surface area contributed by atoms with Gasteiger partial charge in [0.1, 0.15) is 0 Å². The lowest BCUT2D eigenvalue weighted by molar-refractivity contribution is -0.143. The molecule has 6 nitrogen and oxygen atoms in total. The quantitative estimate of drug-likeness (QED) is 0.0320. The molecule has 0 saturated heterocycles. The number of unbranched alkanes of at least 4 members (excludes halogenated alkanes) is 47. The summed E-state index contributed by atoms with van der Waals surface area (Å²) in [6, 6.07) is -0.635. The number of aliphatic hydroxyl groups is 2. The van der Waals surface area contributed by atoms with Gasteiger partial charge in [-0.25, -0.2) is 0 Å². The minimum atomic E-state index is -0.851. The highest BCUT2D eigenvalue weighted by molar-refractivity contribution is 5.76. The number of hydrogen-bond acceptors (Lipinski definition) is 5. The molecule has 0 spiro atoms. The second-order valence-electron chi connectivity index (χ2n) is 24.2. The molecule has 1 amide bonds. The molecule has 0 aromatic carbocycles. The number of amides is 1. The summed E-state index contributed by atoms with van der Waals surface area (Å²) in [6.45, 7) is 4.88. The number of ether oxygens (including phenoxy) is 1. The number of carbonyl (C=O) groups is 2. The summed E-state index contributed by atoms with van der Waals surface area (Å²) in [4.78, 5) is 24.6. The summed E-state index contributed by atoms with van der Waals surface area (Å²) in [5.41, 5.74) is 0. The lowest BCUT2D eigenvalue weighted by Gasteiger charge is -2.20. The van der Waals surface area contributed by atoms with Crippen molar-refractivity contribution < 1.29 is 24.5 Å². The number of allylic oxidation sites excluding steroid dienone is 9. The van der Waals surface area contributed by atoms with Crippen molar-refractivity contribution >= 4 is 11.9 Å². The van der Waals surface area contributed by atoms with E-state index in [2.05, 4.69) is 67.8 Å². The summed E-state index contributed by atoms with van der Waals surface area (Å²) in [7, 11) is 0. The van der Waals surface area contributed by atoms with Crippen LogP contribution in [0.1, 0.15) is 373 Å². The largest absolute Gasteiger partial charge is 0.466 e. The maximum Gasteiger partial charge on any atom is 0.305 e. The molecule has 3 N–H and O–H groups in total. The van der Waals surface area contributed by atoms with Crippen LogP contribution in [0, 0.1) is 0 Å². The summed E-state index contributed by atoms with van der Waals surface area (Å²) in [5, 5.41) is 23.3. The molecule has 0 rings (SSSR count). The lowest BCUT2D eigenvalue weighted by Crippen LogP contribution is -2.45. The average Bonchev–Trinajstić information content (AvgIpc) is 3.46. The summed E-state index contributed by atoms with van der Waals surface area (Å²) < 4.78 is 5.47. The van der Waals surface area contributed by atoms with Crippen molar-refractivity contribution in [2.45, 2.75) is 386 Å². The smallest absolute Gasteiger partial charge is 0.305 e. The molecule has 0 aliphatic heterocycles. The van der Waals surface area contributed by atoms with Crippen molar-refractivity contribution in [1.82, 2.24) is 5.32 Å². The maximum atomic E-state index is 12.5. The van der Waals surface area contributed by atoms with Crippen LogP contribution in [-0.2, 0) is 14.3 Å². The number of aliphatic hydroxyl groups excluding tert-OH is 2. The molecule has 0 aliphatic carbocycles. The van der Waals surface area contributed by atoms with Crippen LogP contribution in [0.5, 0.6) is 0 Å². The van der Waals surface area contributed by atoms with Crippen LogP contribution in [0.3, 0.4) is 0 Å². The highest BCUT2D eigenvalue weighted by atomic mass is 16.5. The van der Waals surface area contributed by atoms with Crippen LogP contribution in [0.4, 0.5) is 0 Å². The fourth-order valence-electron chi connectivity index (χ4n) is 10.8. The molecule has 0 heterocycles. The van der Waals surface area contributed by atoms with Gasteiger partial charge in [0.25, 0.3) is 0 Å². The van der Waals surface area contributed by atoms with Gasteiger partial charge in [0, 0.05) is 12.8 Å². The lowest BCUT2D eigenvalue weighted by atomic mass is 10.0. The topological polar surface area (TPSA) is 95.9 Å². The van der Waals surface area contributed by atoms with E-state index in [1.807, 2.05) is 6.08 Å². The Labute approximate surface area is 499 Å². The number of esters is 1. The van der Waals surface area contributed by atoms with Crippen LogP contribution >= 0.6 is 0 Å². The van der Waals surface area contributed by atoms with Gasteiger partial charge in [-0.05, 0) is 89.9 Å². The van der Waals surface area contributed by atoms with E-state index in [9.17, 15) is 19.8 Å². The number of nitrogens with one attached hydrogen (secondary N) is 1. The average molecular weight is 1120 g/mol. The fraction of sp³-hybridized carbons (Fsp3) is 0.838. The fourth-order valence-corrected chi connectivity index (χ4v) is 10.8. The van der Waals surface area contributed by atoms with Crippen molar-refractivity contribution in [3.63, 3.8) is 0 Å². The Morgan fingerprint density at radius 3 is 0.988 bits per heavy atom. The minimum absolute atomic E-state index is 0.00618. The molecule has 0 aromatic heterocycles. The van der Waals surface area contributed by atoms with Crippen molar-refractivity contribution in [3.05, 3.63) is 60.8 Å². The summed E-state index contributed by atoms with van der Waals surface area (Å²) >= 11 is 0. The zero-order chi connectivity index (χ0) is 57.8. The highest BCUT2D eigenvalue weighted by Gasteiger charge is 2.18. The normalized spacial score (nSPS) is 12.9. The monoisotopic (exact) mass is 1120 g/mol. The second kappa shape index (κ2) is 69.1. The molecule has 2 unspecified atom stereocenters. The standard InChI is InChI=1S/C74H137NO5/c1-3-5-7-9-11-13-15-17-19-20-21-22-23-27-30-33-36-39-42-46-50-54-58-62-66-72(77)71(70-76)75-73(78)67-63-59-55-51-47-43-40-37-34-31-28-25-24-26-29-32-35-38-41-45-49-53-57-61-65-69-80-74(79)68-64-60-56-52-48-44-18-16-14-12-10-8-6-4-2/h10,12,16,18,25-26,28-29,62,66,71-72,76-77H,3-9,11,13-15,17,19-24,27,30-61,63-65,67-70H2,1-2H3,(H,75,78)/b12-10-,18-16-,28-25-,29-26-,66-62+. The Morgan fingerprint density at radius 2 is 0.637 bits per heavy atom. The summed E-state index contributed by atoms with van der Waals surface area (Å²) in [5.74, 6) is -0.0775. The first-order valence-corrected chi connectivity index (χ1v) is 35.6. The van der Waals surface area contributed by atoms with Crippen LogP contribution in [0.2, 0.25) is 0 Å². The molecule has 0 aliphatic rings.